The van der Waals surface area contributed by atoms with Gasteiger partial charge in [0.2, 0.25) is 0 Å². The molecule has 0 spiro atoms. The molecular weight excluding hydrogens is 473 g/mol. The maximum atomic E-state index is 12.5. The average molecular weight is 490 g/mol. The van der Waals surface area contributed by atoms with Crippen molar-refractivity contribution in [1.29, 1.82) is 0 Å². The highest BCUT2D eigenvalue weighted by Crippen LogP contribution is 2.34. The van der Waals surface area contributed by atoms with Crippen molar-refractivity contribution < 1.29 is 14.3 Å². The fourth-order valence-electron chi connectivity index (χ4n) is 2.09. The monoisotopic (exact) mass is 489 g/mol. The molecule has 4 nitrogen and oxygen atoms in total. The molecule has 0 aliphatic carbocycles. The quantitative estimate of drug-likeness (QED) is 0.600. The highest BCUT2D eigenvalue weighted by atomic mass is 127. The number of rotatable bonds is 5. The molecule has 2 aromatic carbocycles. The van der Waals surface area contributed by atoms with Crippen LogP contribution >= 0.6 is 38.5 Å². The van der Waals surface area contributed by atoms with E-state index in [1.54, 1.807) is 19.2 Å². The van der Waals surface area contributed by atoms with E-state index in [0.29, 0.717) is 23.7 Å². The van der Waals surface area contributed by atoms with Gasteiger partial charge in [-0.05, 0) is 72.3 Å². The molecule has 0 saturated carbocycles. The van der Waals surface area contributed by atoms with Gasteiger partial charge < -0.3 is 14.8 Å². The Bertz CT molecular complexity index is 734. The number of ether oxygens (including phenoxy) is 2. The molecule has 0 radical (unpaired) electrons. The zero-order chi connectivity index (χ0) is 17.0. The second-order valence-corrected chi connectivity index (χ2v) is 6.86. The van der Waals surface area contributed by atoms with E-state index in [1.165, 1.54) is 0 Å². The van der Waals surface area contributed by atoms with Gasteiger partial charge in [0.15, 0.2) is 11.5 Å². The van der Waals surface area contributed by atoms with Crippen molar-refractivity contribution in [1.82, 2.24) is 0 Å². The van der Waals surface area contributed by atoms with Gasteiger partial charge in [0.05, 0.1) is 17.3 Å². The molecule has 0 bridgehead atoms. The molecule has 2 rings (SSSR count). The number of halogens is 2. The zero-order valence-corrected chi connectivity index (χ0v) is 16.8. The molecule has 0 atom stereocenters. The van der Waals surface area contributed by atoms with E-state index in [1.807, 2.05) is 32.0 Å². The van der Waals surface area contributed by atoms with E-state index < -0.39 is 0 Å². The van der Waals surface area contributed by atoms with Crippen LogP contribution in [0.1, 0.15) is 22.8 Å². The van der Waals surface area contributed by atoms with Crippen molar-refractivity contribution in [2.75, 3.05) is 19.0 Å². The third-order valence-corrected chi connectivity index (χ3v) is 4.88. The smallest absolute Gasteiger partial charge is 0.255 e. The van der Waals surface area contributed by atoms with Gasteiger partial charge in [0.1, 0.15) is 0 Å². The summed E-state index contributed by atoms with van der Waals surface area (Å²) in [6, 6.07) is 9.16. The number of hydrogen-bond acceptors (Lipinski definition) is 3. The summed E-state index contributed by atoms with van der Waals surface area (Å²) in [4.78, 5) is 12.5. The van der Waals surface area contributed by atoms with Crippen LogP contribution in [0.4, 0.5) is 5.69 Å². The lowest BCUT2D eigenvalue weighted by Crippen LogP contribution is -2.13. The maximum absolute atomic E-state index is 12.5. The Morgan fingerprint density at radius 3 is 2.65 bits per heavy atom. The summed E-state index contributed by atoms with van der Waals surface area (Å²) in [5.41, 5.74) is 2.33. The van der Waals surface area contributed by atoms with Gasteiger partial charge in [-0.15, -0.1) is 0 Å². The Labute approximate surface area is 157 Å². The number of nitrogens with one attached hydrogen (secondary N) is 1. The average Bonchev–Trinajstić information content (AvgIpc) is 2.51. The second-order valence-electron chi connectivity index (χ2n) is 4.84. The van der Waals surface area contributed by atoms with E-state index in [2.05, 4.69) is 43.8 Å². The van der Waals surface area contributed by atoms with E-state index in [-0.39, 0.29) is 5.91 Å². The molecule has 2 aromatic rings. The summed E-state index contributed by atoms with van der Waals surface area (Å²) in [6.45, 7) is 4.37. The topological polar surface area (TPSA) is 47.6 Å². The molecule has 0 saturated heterocycles. The molecule has 0 heterocycles. The van der Waals surface area contributed by atoms with Crippen molar-refractivity contribution >= 4 is 50.1 Å². The first-order chi connectivity index (χ1) is 11.0. The lowest BCUT2D eigenvalue weighted by molar-refractivity contribution is 0.102. The van der Waals surface area contributed by atoms with Crippen LogP contribution in [-0.4, -0.2) is 19.6 Å². The molecule has 0 aromatic heterocycles. The fourth-order valence-corrected chi connectivity index (χ4v) is 3.15. The summed E-state index contributed by atoms with van der Waals surface area (Å²) < 4.78 is 12.7. The molecule has 0 aliphatic rings. The third kappa shape index (κ3) is 4.38. The predicted octanol–water partition coefficient (Wildman–Crippen LogP) is 5.02. The Kier molecular flexibility index (Phi) is 6.29. The van der Waals surface area contributed by atoms with Crippen LogP contribution in [0.2, 0.25) is 0 Å². The van der Waals surface area contributed by atoms with E-state index in [9.17, 15) is 4.79 Å². The van der Waals surface area contributed by atoms with Crippen molar-refractivity contribution in [3.63, 3.8) is 0 Å². The van der Waals surface area contributed by atoms with Gasteiger partial charge in [-0.2, -0.15) is 0 Å². The van der Waals surface area contributed by atoms with Crippen molar-refractivity contribution in [3.8, 4) is 11.5 Å². The summed E-state index contributed by atoms with van der Waals surface area (Å²) in [7, 11) is 1.59. The summed E-state index contributed by atoms with van der Waals surface area (Å²) in [5.74, 6) is 1.02. The molecule has 23 heavy (non-hydrogen) atoms. The number of hydrogen-bond donors (Lipinski definition) is 1. The van der Waals surface area contributed by atoms with E-state index >= 15 is 0 Å². The zero-order valence-electron chi connectivity index (χ0n) is 13.1. The number of amides is 1. The van der Waals surface area contributed by atoms with Gasteiger partial charge in [0, 0.05) is 15.7 Å². The van der Waals surface area contributed by atoms with Crippen LogP contribution in [0.25, 0.3) is 0 Å². The van der Waals surface area contributed by atoms with Crippen LogP contribution in [0.15, 0.2) is 34.8 Å². The van der Waals surface area contributed by atoms with Crippen molar-refractivity contribution in [2.24, 2.45) is 0 Å². The fraction of sp³-hybridized carbons (Fsp3) is 0.235. The molecule has 1 amide bonds. The SMILES string of the molecule is CCOc1cc(C(=O)Nc2ccc(Br)c(C)c2)cc(I)c1OC. The minimum absolute atomic E-state index is 0.187. The first kappa shape index (κ1) is 18.1. The van der Waals surface area contributed by atoms with Gasteiger partial charge in [-0.25, -0.2) is 0 Å². The predicted molar refractivity (Wildman–Crippen MR) is 104 cm³/mol. The Hall–Kier alpha value is -1.28. The first-order valence-corrected chi connectivity index (χ1v) is 8.91. The molecule has 6 heteroatoms. The van der Waals surface area contributed by atoms with Gasteiger partial charge >= 0.3 is 0 Å². The third-order valence-electron chi connectivity index (χ3n) is 3.19. The Balaban J connectivity index is 2.29. The molecule has 0 aliphatic heterocycles. The summed E-state index contributed by atoms with van der Waals surface area (Å²) in [5, 5.41) is 2.90. The first-order valence-electron chi connectivity index (χ1n) is 7.04. The highest BCUT2D eigenvalue weighted by Gasteiger charge is 2.15. The van der Waals surface area contributed by atoms with Crippen LogP contribution in [0, 0.1) is 10.5 Å². The lowest BCUT2D eigenvalue weighted by atomic mass is 10.1. The number of methoxy groups -OCH3 is 1. The van der Waals surface area contributed by atoms with Crippen LogP contribution in [0.3, 0.4) is 0 Å². The summed E-state index contributed by atoms with van der Waals surface area (Å²) in [6.07, 6.45) is 0. The van der Waals surface area contributed by atoms with Gasteiger partial charge in [-0.3, -0.25) is 4.79 Å². The minimum Gasteiger partial charge on any atom is -0.492 e. The normalized spacial score (nSPS) is 10.3. The van der Waals surface area contributed by atoms with Gasteiger partial charge in [0.25, 0.3) is 5.91 Å². The number of carbonyl (C=O) groups excluding carboxylic acids is 1. The Morgan fingerprint density at radius 1 is 1.30 bits per heavy atom. The van der Waals surface area contributed by atoms with E-state index in [0.717, 1.165) is 19.3 Å². The number of carbonyl (C=O) groups is 1. The largest absolute Gasteiger partial charge is 0.492 e. The van der Waals surface area contributed by atoms with Crippen LogP contribution in [0.5, 0.6) is 11.5 Å². The second kappa shape index (κ2) is 8.01. The standard InChI is InChI=1S/C17H17BrINO3/c1-4-23-15-9-11(8-14(19)16(15)22-3)17(21)20-12-5-6-13(18)10(2)7-12/h5-9H,4H2,1-3H3,(H,20,21). The number of aryl methyl sites for hydroxylation is 1. The summed E-state index contributed by atoms with van der Waals surface area (Å²) >= 11 is 5.58. The van der Waals surface area contributed by atoms with Crippen molar-refractivity contribution in [2.45, 2.75) is 13.8 Å². The number of anilines is 1. The number of benzene rings is 2. The van der Waals surface area contributed by atoms with Crippen molar-refractivity contribution in [3.05, 3.63) is 49.5 Å². The van der Waals surface area contributed by atoms with Crippen LogP contribution in [-0.2, 0) is 0 Å². The molecular formula is C17H17BrINO3. The van der Waals surface area contributed by atoms with E-state index in [4.69, 9.17) is 9.47 Å². The van der Waals surface area contributed by atoms with Gasteiger partial charge in [-0.1, -0.05) is 15.9 Å². The minimum atomic E-state index is -0.187. The molecule has 122 valence electrons. The molecule has 1 N–H and O–H groups in total. The maximum Gasteiger partial charge on any atom is 0.255 e. The molecule has 0 unspecified atom stereocenters. The highest BCUT2D eigenvalue weighted by molar-refractivity contribution is 14.1. The molecule has 0 fully saturated rings. The van der Waals surface area contributed by atoms with Crippen LogP contribution < -0.4 is 14.8 Å². The Morgan fingerprint density at radius 2 is 2.04 bits per heavy atom. The lowest BCUT2D eigenvalue weighted by Gasteiger charge is -2.13.